The van der Waals surface area contributed by atoms with Crippen LogP contribution in [0.2, 0.25) is 0 Å². The van der Waals surface area contributed by atoms with Crippen molar-refractivity contribution in [1.29, 1.82) is 0 Å². The largest absolute Gasteiger partial charge is 0.380 e. The van der Waals surface area contributed by atoms with Crippen molar-refractivity contribution in [2.75, 3.05) is 37.7 Å². The van der Waals surface area contributed by atoms with Crippen LogP contribution in [0.3, 0.4) is 0 Å². The summed E-state index contributed by atoms with van der Waals surface area (Å²) in [7, 11) is 0. The van der Waals surface area contributed by atoms with Gasteiger partial charge in [-0.2, -0.15) is 0 Å². The minimum Gasteiger partial charge on any atom is -0.380 e. The average Bonchev–Trinajstić information content (AvgIpc) is 2.87. The summed E-state index contributed by atoms with van der Waals surface area (Å²) in [5, 5.41) is 5.58. The monoisotopic (exact) mass is 320 g/mol. The lowest BCUT2D eigenvalue weighted by Crippen LogP contribution is -2.36. The van der Waals surface area contributed by atoms with Crippen LogP contribution in [0.4, 0.5) is 10.6 Å². The fourth-order valence-electron chi connectivity index (χ4n) is 2.63. The van der Waals surface area contributed by atoms with Gasteiger partial charge in [-0.3, -0.25) is 0 Å². The molecule has 128 valence electrons. The summed E-state index contributed by atoms with van der Waals surface area (Å²) < 4.78 is 5.17. The number of carbonyl (C=O) groups excluding carboxylic acids is 1. The predicted molar refractivity (Wildman–Crippen MR) is 91.6 cm³/mol. The second-order valence-corrected chi connectivity index (χ2v) is 5.73. The Hall–Kier alpha value is -1.82. The fraction of sp³-hybridized carbons (Fsp3) is 0.647. The highest BCUT2D eigenvalue weighted by molar-refractivity contribution is 5.73. The quantitative estimate of drug-likeness (QED) is 0.757. The molecule has 6 heteroatoms. The minimum absolute atomic E-state index is 0.179. The standard InChI is InChI=1S/C17H28N4O2/c1-2-23-12-9-18-17(22)20-14-15-7-8-16(19-13-15)21-10-5-3-4-6-11-21/h7-8,13H,2-6,9-12,14H2,1H3,(H2,18,20,22). The molecule has 1 fully saturated rings. The summed E-state index contributed by atoms with van der Waals surface area (Å²) in [4.78, 5) is 18.5. The van der Waals surface area contributed by atoms with Crippen LogP contribution in [0.5, 0.6) is 0 Å². The molecule has 0 aromatic carbocycles. The number of anilines is 1. The molecule has 2 amide bonds. The Morgan fingerprint density at radius 3 is 2.65 bits per heavy atom. The van der Waals surface area contributed by atoms with E-state index < -0.39 is 0 Å². The van der Waals surface area contributed by atoms with Crippen molar-refractivity contribution in [3.05, 3.63) is 23.9 Å². The van der Waals surface area contributed by atoms with E-state index in [9.17, 15) is 4.79 Å². The van der Waals surface area contributed by atoms with Crippen LogP contribution in [0.25, 0.3) is 0 Å². The molecule has 1 saturated heterocycles. The van der Waals surface area contributed by atoms with Gasteiger partial charge in [0.2, 0.25) is 0 Å². The number of urea groups is 1. The third kappa shape index (κ3) is 6.44. The molecule has 2 rings (SSSR count). The summed E-state index contributed by atoms with van der Waals surface area (Å²) in [5.74, 6) is 1.04. The van der Waals surface area contributed by atoms with E-state index in [0.717, 1.165) is 24.5 Å². The first-order valence-electron chi connectivity index (χ1n) is 8.59. The normalized spacial score (nSPS) is 15.1. The summed E-state index contributed by atoms with van der Waals surface area (Å²) >= 11 is 0. The number of aromatic nitrogens is 1. The lowest BCUT2D eigenvalue weighted by atomic mass is 10.2. The Morgan fingerprint density at radius 1 is 1.22 bits per heavy atom. The number of amides is 2. The van der Waals surface area contributed by atoms with E-state index in [4.69, 9.17) is 4.74 Å². The van der Waals surface area contributed by atoms with Crippen LogP contribution in [-0.4, -0.2) is 43.9 Å². The van der Waals surface area contributed by atoms with E-state index in [2.05, 4.69) is 26.6 Å². The molecule has 2 heterocycles. The summed E-state index contributed by atoms with van der Waals surface area (Å²) in [6, 6.07) is 3.91. The van der Waals surface area contributed by atoms with Crippen LogP contribution < -0.4 is 15.5 Å². The number of hydrogen-bond acceptors (Lipinski definition) is 4. The fourth-order valence-corrected chi connectivity index (χ4v) is 2.63. The lowest BCUT2D eigenvalue weighted by Gasteiger charge is -2.21. The van der Waals surface area contributed by atoms with Crippen molar-refractivity contribution in [2.45, 2.75) is 39.2 Å². The molecule has 1 aromatic heterocycles. The SMILES string of the molecule is CCOCCNC(=O)NCc1ccc(N2CCCCCC2)nc1. The van der Waals surface area contributed by atoms with Gasteiger partial charge in [-0.15, -0.1) is 0 Å². The molecule has 0 bridgehead atoms. The van der Waals surface area contributed by atoms with Gasteiger partial charge in [0.15, 0.2) is 0 Å². The Morgan fingerprint density at radius 2 is 2.00 bits per heavy atom. The van der Waals surface area contributed by atoms with E-state index in [1.807, 2.05) is 19.2 Å². The van der Waals surface area contributed by atoms with Crippen molar-refractivity contribution >= 4 is 11.8 Å². The summed E-state index contributed by atoms with van der Waals surface area (Å²) in [6.07, 6.45) is 6.97. The van der Waals surface area contributed by atoms with Crippen LogP contribution in [-0.2, 0) is 11.3 Å². The van der Waals surface area contributed by atoms with Gasteiger partial charge in [0.05, 0.1) is 6.61 Å². The topological polar surface area (TPSA) is 66.5 Å². The molecule has 2 N–H and O–H groups in total. The lowest BCUT2D eigenvalue weighted by molar-refractivity contribution is 0.149. The van der Waals surface area contributed by atoms with Gasteiger partial charge < -0.3 is 20.3 Å². The highest BCUT2D eigenvalue weighted by Crippen LogP contribution is 2.17. The van der Waals surface area contributed by atoms with Gasteiger partial charge in [-0.1, -0.05) is 18.9 Å². The molecular weight excluding hydrogens is 292 g/mol. The number of nitrogens with one attached hydrogen (secondary N) is 2. The third-order valence-corrected chi connectivity index (χ3v) is 3.93. The van der Waals surface area contributed by atoms with Gasteiger partial charge in [-0.05, 0) is 31.4 Å². The number of ether oxygens (including phenoxy) is 1. The summed E-state index contributed by atoms with van der Waals surface area (Å²) in [6.45, 7) is 6.32. The van der Waals surface area contributed by atoms with Crippen molar-refractivity contribution in [3.8, 4) is 0 Å². The van der Waals surface area contributed by atoms with Crippen LogP contribution in [0.1, 0.15) is 38.2 Å². The van der Waals surface area contributed by atoms with Gasteiger partial charge in [0, 0.05) is 39.0 Å². The molecule has 1 aliphatic heterocycles. The molecule has 0 saturated carbocycles. The van der Waals surface area contributed by atoms with E-state index in [-0.39, 0.29) is 6.03 Å². The smallest absolute Gasteiger partial charge is 0.315 e. The van der Waals surface area contributed by atoms with Crippen molar-refractivity contribution in [3.63, 3.8) is 0 Å². The van der Waals surface area contributed by atoms with Gasteiger partial charge in [0.25, 0.3) is 0 Å². The van der Waals surface area contributed by atoms with E-state index >= 15 is 0 Å². The molecule has 0 spiro atoms. The molecular formula is C17H28N4O2. The minimum atomic E-state index is -0.179. The zero-order valence-corrected chi connectivity index (χ0v) is 14.0. The molecule has 6 nitrogen and oxygen atoms in total. The maximum absolute atomic E-state index is 11.6. The zero-order chi connectivity index (χ0) is 16.3. The molecule has 1 aliphatic rings. The maximum Gasteiger partial charge on any atom is 0.315 e. The molecule has 0 radical (unpaired) electrons. The molecule has 0 atom stereocenters. The highest BCUT2D eigenvalue weighted by atomic mass is 16.5. The van der Waals surface area contributed by atoms with Crippen molar-refractivity contribution in [2.24, 2.45) is 0 Å². The molecule has 1 aromatic rings. The van der Waals surface area contributed by atoms with E-state index in [0.29, 0.717) is 26.3 Å². The second-order valence-electron chi connectivity index (χ2n) is 5.73. The first-order chi connectivity index (χ1) is 11.3. The number of rotatable bonds is 7. The molecule has 0 unspecified atom stereocenters. The summed E-state index contributed by atoms with van der Waals surface area (Å²) in [5.41, 5.74) is 1.00. The number of pyridine rings is 1. The highest BCUT2D eigenvalue weighted by Gasteiger charge is 2.10. The number of carbonyl (C=O) groups is 1. The Bertz CT molecular complexity index is 456. The number of hydrogen-bond donors (Lipinski definition) is 2. The van der Waals surface area contributed by atoms with E-state index in [1.54, 1.807) is 0 Å². The van der Waals surface area contributed by atoms with Crippen LogP contribution >= 0.6 is 0 Å². The van der Waals surface area contributed by atoms with Crippen LogP contribution in [0.15, 0.2) is 18.3 Å². The second kappa shape index (κ2) is 10.0. The number of nitrogens with zero attached hydrogens (tertiary/aromatic N) is 2. The van der Waals surface area contributed by atoms with Crippen molar-refractivity contribution in [1.82, 2.24) is 15.6 Å². The first kappa shape index (κ1) is 17.5. The Kier molecular flexibility index (Phi) is 7.66. The third-order valence-electron chi connectivity index (χ3n) is 3.93. The Balaban J connectivity index is 1.73. The van der Waals surface area contributed by atoms with Gasteiger partial charge in [-0.25, -0.2) is 9.78 Å². The zero-order valence-electron chi connectivity index (χ0n) is 14.0. The first-order valence-corrected chi connectivity index (χ1v) is 8.59. The maximum atomic E-state index is 11.6. The van der Waals surface area contributed by atoms with Crippen LogP contribution in [0, 0.1) is 0 Å². The predicted octanol–water partition coefficient (Wildman–Crippen LogP) is 2.30. The average molecular weight is 320 g/mol. The van der Waals surface area contributed by atoms with Gasteiger partial charge >= 0.3 is 6.03 Å². The van der Waals surface area contributed by atoms with Gasteiger partial charge in [0.1, 0.15) is 5.82 Å². The van der Waals surface area contributed by atoms with Crippen molar-refractivity contribution < 1.29 is 9.53 Å². The molecule has 23 heavy (non-hydrogen) atoms. The Labute approximate surface area is 138 Å². The molecule has 0 aliphatic carbocycles. The van der Waals surface area contributed by atoms with E-state index in [1.165, 1.54) is 25.7 Å².